The average molecular weight is 379 g/mol. The van der Waals surface area contributed by atoms with E-state index in [0.717, 1.165) is 5.56 Å². The molecule has 1 aromatic heterocycles. The van der Waals surface area contributed by atoms with Crippen LogP contribution < -0.4 is 0 Å². The van der Waals surface area contributed by atoms with Crippen molar-refractivity contribution >= 4 is 21.6 Å². The molecule has 1 aromatic carbocycles. The maximum atomic E-state index is 13.2. The Bertz CT molecular complexity index is 860. The van der Waals surface area contributed by atoms with Crippen LogP contribution in [0.5, 0.6) is 0 Å². The van der Waals surface area contributed by atoms with Gasteiger partial charge in [-0.3, -0.25) is 4.98 Å². The molecule has 0 saturated carbocycles. The van der Waals surface area contributed by atoms with E-state index < -0.39 is 10.0 Å². The minimum atomic E-state index is -3.64. The second-order valence-electron chi connectivity index (χ2n) is 6.53. The van der Waals surface area contributed by atoms with Gasteiger partial charge in [-0.1, -0.05) is 41.9 Å². The van der Waals surface area contributed by atoms with E-state index in [0.29, 0.717) is 31.2 Å². The molecule has 0 amide bonds. The van der Waals surface area contributed by atoms with Crippen LogP contribution in [0.15, 0.2) is 53.7 Å². The number of halogens is 1. The monoisotopic (exact) mass is 378 g/mol. The summed E-state index contributed by atoms with van der Waals surface area (Å²) in [7, 11) is -3.64. The molecule has 0 bridgehead atoms. The van der Waals surface area contributed by atoms with Crippen molar-refractivity contribution in [3.8, 4) is 0 Å². The number of aromatic nitrogens is 1. The van der Waals surface area contributed by atoms with Gasteiger partial charge in [0, 0.05) is 43.4 Å². The summed E-state index contributed by atoms with van der Waals surface area (Å²) in [5.41, 5.74) is 1.16. The molecule has 3 atom stereocenters. The van der Waals surface area contributed by atoms with Gasteiger partial charge < -0.3 is 4.74 Å². The topological polar surface area (TPSA) is 59.5 Å². The van der Waals surface area contributed by atoms with Crippen LogP contribution in [-0.2, 0) is 14.8 Å². The first kappa shape index (κ1) is 17.0. The van der Waals surface area contributed by atoms with E-state index in [-0.39, 0.29) is 22.8 Å². The first-order valence-corrected chi connectivity index (χ1v) is 10.1. The van der Waals surface area contributed by atoms with Crippen LogP contribution in [-0.4, -0.2) is 43.5 Å². The van der Waals surface area contributed by atoms with Crippen molar-refractivity contribution < 1.29 is 13.2 Å². The summed E-state index contributed by atoms with van der Waals surface area (Å²) in [6.45, 7) is 1.63. The minimum absolute atomic E-state index is 0.0528. The molecule has 0 radical (unpaired) electrons. The maximum absolute atomic E-state index is 13.2. The summed E-state index contributed by atoms with van der Waals surface area (Å²) in [6, 6.07) is 11.5. The van der Waals surface area contributed by atoms with Crippen molar-refractivity contribution in [3.05, 3.63) is 59.4 Å². The van der Waals surface area contributed by atoms with Gasteiger partial charge in [-0.15, -0.1) is 0 Å². The molecule has 3 heterocycles. The van der Waals surface area contributed by atoms with Gasteiger partial charge in [0.25, 0.3) is 0 Å². The highest BCUT2D eigenvalue weighted by atomic mass is 35.5. The minimum Gasteiger partial charge on any atom is -0.381 e. The standard InChI is InChI=1S/C18H19ClN2O3S/c19-14-8-15(10-20-9-14)25(22,23)21-11-16(13-4-2-1-3-5-13)17-12-24-7-6-18(17)21/h1-5,8-10,16-18H,6-7,11-12H2. The van der Waals surface area contributed by atoms with Gasteiger partial charge in [-0.2, -0.15) is 4.31 Å². The van der Waals surface area contributed by atoms with Gasteiger partial charge in [0.2, 0.25) is 10.0 Å². The number of sulfonamides is 1. The highest BCUT2D eigenvalue weighted by molar-refractivity contribution is 7.89. The predicted octanol–water partition coefficient (Wildman–Crippen LogP) is 2.93. The Kier molecular flexibility index (Phi) is 4.54. The number of fused-ring (bicyclic) bond motifs is 1. The molecule has 5 nitrogen and oxygen atoms in total. The summed E-state index contributed by atoms with van der Waals surface area (Å²) in [4.78, 5) is 4.09. The lowest BCUT2D eigenvalue weighted by atomic mass is 9.84. The van der Waals surface area contributed by atoms with Crippen molar-refractivity contribution in [2.24, 2.45) is 5.92 Å². The number of rotatable bonds is 3. The SMILES string of the molecule is O=S(=O)(c1cncc(Cl)c1)N1CC(c2ccccc2)C2COCCC21. The first-order chi connectivity index (χ1) is 12.1. The zero-order chi connectivity index (χ0) is 17.4. The molecule has 4 rings (SSSR count). The Balaban J connectivity index is 1.72. The van der Waals surface area contributed by atoms with Crippen LogP contribution in [0.2, 0.25) is 5.02 Å². The Morgan fingerprint density at radius 3 is 2.76 bits per heavy atom. The van der Waals surface area contributed by atoms with E-state index in [4.69, 9.17) is 16.3 Å². The molecule has 3 unspecified atom stereocenters. The van der Waals surface area contributed by atoms with E-state index in [1.165, 1.54) is 18.5 Å². The fraction of sp³-hybridized carbons (Fsp3) is 0.389. The second-order valence-corrected chi connectivity index (χ2v) is 8.85. The molecule has 2 aliphatic heterocycles. The number of hydrogen-bond donors (Lipinski definition) is 0. The Hall–Kier alpha value is -1.47. The fourth-order valence-corrected chi connectivity index (χ4v) is 5.91. The van der Waals surface area contributed by atoms with Gasteiger partial charge in [0.15, 0.2) is 0 Å². The Morgan fingerprint density at radius 2 is 2.00 bits per heavy atom. The number of benzene rings is 1. The van der Waals surface area contributed by atoms with Crippen LogP contribution >= 0.6 is 11.6 Å². The molecule has 7 heteroatoms. The summed E-state index contributed by atoms with van der Waals surface area (Å²) in [5.74, 6) is 0.298. The van der Waals surface area contributed by atoms with Crippen LogP contribution in [0.25, 0.3) is 0 Å². The lowest BCUT2D eigenvalue weighted by Gasteiger charge is -2.32. The van der Waals surface area contributed by atoms with Crippen molar-refractivity contribution in [1.82, 2.24) is 9.29 Å². The zero-order valence-corrected chi connectivity index (χ0v) is 15.2. The second kappa shape index (κ2) is 6.68. The smallest absolute Gasteiger partial charge is 0.244 e. The highest BCUT2D eigenvalue weighted by Gasteiger charge is 2.48. The molecule has 0 spiro atoms. The van der Waals surface area contributed by atoms with E-state index in [9.17, 15) is 8.42 Å². The van der Waals surface area contributed by atoms with Crippen LogP contribution in [0.1, 0.15) is 17.9 Å². The van der Waals surface area contributed by atoms with Crippen LogP contribution in [0, 0.1) is 5.92 Å². The summed E-state index contributed by atoms with van der Waals surface area (Å²) in [6.07, 6.45) is 3.52. The third-order valence-electron chi connectivity index (χ3n) is 5.14. The molecule has 132 valence electrons. The van der Waals surface area contributed by atoms with E-state index in [1.54, 1.807) is 4.31 Å². The summed E-state index contributed by atoms with van der Waals surface area (Å²) < 4.78 is 33.7. The van der Waals surface area contributed by atoms with Gasteiger partial charge in [-0.05, 0) is 18.1 Å². The molecule has 2 saturated heterocycles. The number of ether oxygens (including phenoxy) is 1. The van der Waals surface area contributed by atoms with Gasteiger partial charge in [0.1, 0.15) is 4.90 Å². The van der Waals surface area contributed by atoms with Gasteiger partial charge in [0.05, 0.1) is 11.6 Å². The normalized spacial score (nSPS) is 27.2. The molecule has 2 aromatic rings. The lowest BCUT2D eigenvalue weighted by Crippen LogP contribution is -2.42. The highest BCUT2D eigenvalue weighted by Crippen LogP contribution is 2.43. The number of hydrogen-bond acceptors (Lipinski definition) is 4. The van der Waals surface area contributed by atoms with Crippen LogP contribution in [0.4, 0.5) is 0 Å². The average Bonchev–Trinajstić information content (AvgIpc) is 3.03. The van der Waals surface area contributed by atoms with Gasteiger partial charge in [-0.25, -0.2) is 8.42 Å². The molecule has 2 fully saturated rings. The third kappa shape index (κ3) is 3.08. The van der Waals surface area contributed by atoms with Crippen molar-refractivity contribution in [3.63, 3.8) is 0 Å². The zero-order valence-electron chi connectivity index (χ0n) is 13.6. The lowest BCUT2D eigenvalue weighted by molar-refractivity contribution is 0.0323. The fourth-order valence-electron chi connectivity index (χ4n) is 3.95. The Morgan fingerprint density at radius 1 is 1.20 bits per heavy atom. The maximum Gasteiger partial charge on any atom is 0.244 e. The Labute approximate surface area is 152 Å². The van der Waals surface area contributed by atoms with E-state index >= 15 is 0 Å². The predicted molar refractivity (Wildman–Crippen MR) is 95.0 cm³/mol. The first-order valence-electron chi connectivity index (χ1n) is 8.32. The molecule has 2 aliphatic rings. The van der Waals surface area contributed by atoms with Crippen molar-refractivity contribution in [2.75, 3.05) is 19.8 Å². The molecule has 0 aliphatic carbocycles. The van der Waals surface area contributed by atoms with Crippen molar-refractivity contribution in [1.29, 1.82) is 0 Å². The van der Waals surface area contributed by atoms with Gasteiger partial charge >= 0.3 is 0 Å². The molecule has 25 heavy (non-hydrogen) atoms. The quantitative estimate of drug-likeness (QED) is 0.823. The van der Waals surface area contributed by atoms with E-state index in [2.05, 4.69) is 17.1 Å². The molecular weight excluding hydrogens is 360 g/mol. The summed E-state index contributed by atoms with van der Waals surface area (Å²) in [5, 5.41) is 0.323. The summed E-state index contributed by atoms with van der Waals surface area (Å²) >= 11 is 5.95. The molecular formula is C18H19ClN2O3S. The largest absolute Gasteiger partial charge is 0.381 e. The molecule has 0 N–H and O–H groups in total. The number of pyridine rings is 1. The van der Waals surface area contributed by atoms with Crippen molar-refractivity contribution in [2.45, 2.75) is 23.3 Å². The number of nitrogens with zero attached hydrogens (tertiary/aromatic N) is 2. The van der Waals surface area contributed by atoms with E-state index in [1.807, 2.05) is 18.2 Å². The third-order valence-corrected chi connectivity index (χ3v) is 7.20. The van der Waals surface area contributed by atoms with Crippen LogP contribution in [0.3, 0.4) is 0 Å².